The van der Waals surface area contributed by atoms with E-state index in [-0.39, 0.29) is 50.7 Å². The predicted octanol–water partition coefficient (Wildman–Crippen LogP) is 1.81. The number of piperazine rings is 1. The number of hydrogen-bond donors (Lipinski definition) is 5. The van der Waals surface area contributed by atoms with Crippen molar-refractivity contribution in [1.29, 1.82) is 0 Å². The average Bonchev–Trinajstić information content (AvgIpc) is 2.80. The van der Waals surface area contributed by atoms with Crippen LogP contribution in [-0.4, -0.2) is 51.5 Å². The molecule has 0 spiro atoms. The van der Waals surface area contributed by atoms with Crippen LogP contribution in [0.4, 0.5) is 0 Å². The molecule has 5 N–H and O–H groups in total. The fourth-order valence-electron chi connectivity index (χ4n) is 6.05. The molecule has 1 fully saturated rings. The van der Waals surface area contributed by atoms with Gasteiger partial charge in [-0.3, -0.25) is 14.5 Å². The summed E-state index contributed by atoms with van der Waals surface area (Å²) in [7, 11) is 0. The summed E-state index contributed by atoms with van der Waals surface area (Å²) in [4.78, 5) is 29.0. The molecular weight excluding hydrogens is 448 g/mol. The molecule has 0 unspecified atom stereocenters. The molecule has 2 aliphatic rings. The first-order chi connectivity index (χ1) is 16.6. The molecule has 0 aromatic heterocycles. The number of benzene rings is 4. The molecule has 1 heterocycles. The zero-order chi connectivity index (χ0) is 25.0. The zero-order valence-electron chi connectivity index (χ0n) is 19.7. The number of rotatable bonds is 2. The Labute approximate surface area is 199 Å². The van der Waals surface area contributed by atoms with Crippen LogP contribution in [0.15, 0.2) is 21.7 Å². The van der Waals surface area contributed by atoms with Gasteiger partial charge in [0.1, 0.15) is 23.0 Å². The molecule has 0 amide bonds. The largest absolute Gasteiger partial charge is 0.511 e. The van der Waals surface area contributed by atoms with Crippen LogP contribution in [0.1, 0.15) is 30.5 Å². The lowest BCUT2D eigenvalue weighted by Gasteiger charge is -2.32. The van der Waals surface area contributed by atoms with Crippen LogP contribution in [0, 0.1) is 6.92 Å². The Kier molecular flexibility index (Phi) is 4.35. The maximum Gasteiger partial charge on any atom is 0.198 e. The fraction of sp³-hybridized carbons (Fsp3) is 0.333. The van der Waals surface area contributed by atoms with Crippen molar-refractivity contribution in [2.75, 3.05) is 26.2 Å². The third-order valence-corrected chi connectivity index (χ3v) is 7.89. The number of aromatic hydroxyl groups is 3. The molecule has 4 aromatic rings. The van der Waals surface area contributed by atoms with Crippen molar-refractivity contribution < 1.29 is 20.4 Å². The van der Waals surface area contributed by atoms with Gasteiger partial charge >= 0.3 is 0 Å². The van der Waals surface area contributed by atoms with Gasteiger partial charge in [-0.05, 0) is 49.4 Å². The van der Waals surface area contributed by atoms with E-state index in [1.807, 2.05) is 4.90 Å². The van der Waals surface area contributed by atoms with Gasteiger partial charge in [0.05, 0.1) is 21.6 Å². The third kappa shape index (κ3) is 2.63. The van der Waals surface area contributed by atoms with Crippen molar-refractivity contribution in [3.8, 4) is 17.2 Å². The highest BCUT2D eigenvalue weighted by Crippen LogP contribution is 2.51. The second kappa shape index (κ2) is 6.96. The van der Waals surface area contributed by atoms with Crippen LogP contribution in [0.3, 0.4) is 0 Å². The van der Waals surface area contributed by atoms with Crippen molar-refractivity contribution in [2.24, 2.45) is 0 Å². The minimum Gasteiger partial charge on any atom is -0.511 e. The highest BCUT2D eigenvalue weighted by atomic mass is 16.3. The smallest absolute Gasteiger partial charge is 0.198 e. The Bertz CT molecular complexity index is 1770. The van der Waals surface area contributed by atoms with Gasteiger partial charge in [-0.25, -0.2) is 0 Å². The zero-order valence-corrected chi connectivity index (χ0v) is 19.7. The van der Waals surface area contributed by atoms with Crippen molar-refractivity contribution in [3.63, 3.8) is 0 Å². The number of nitrogens with one attached hydrogen (secondary N) is 1. The number of aliphatic hydroxyl groups excluding tert-OH is 1. The second-order valence-electron chi connectivity index (χ2n) is 10.3. The van der Waals surface area contributed by atoms with E-state index in [2.05, 4.69) is 5.32 Å². The molecule has 1 saturated heterocycles. The van der Waals surface area contributed by atoms with E-state index in [4.69, 9.17) is 0 Å². The number of aryl methyl sites for hydroxylation is 1. The van der Waals surface area contributed by atoms with Gasteiger partial charge in [0.25, 0.3) is 0 Å². The van der Waals surface area contributed by atoms with Crippen LogP contribution in [0.25, 0.3) is 38.1 Å². The van der Waals surface area contributed by atoms with Crippen molar-refractivity contribution in [2.45, 2.75) is 32.7 Å². The van der Waals surface area contributed by atoms with E-state index in [0.29, 0.717) is 40.4 Å². The summed E-state index contributed by atoms with van der Waals surface area (Å²) in [5, 5.41) is 49.8. The van der Waals surface area contributed by atoms with Gasteiger partial charge in [-0.2, -0.15) is 0 Å². The summed E-state index contributed by atoms with van der Waals surface area (Å²) in [6.45, 7) is 8.19. The van der Waals surface area contributed by atoms with E-state index in [1.165, 1.54) is 6.07 Å². The van der Waals surface area contributed by atoms with E-state index in [9.17, 15) is 30.0 Å². The maximum absolute atomic E-state index is 13.8. The van der Waals surface area contributed by atoms with Crippen LogP contribution in [0.2, 0.25) is 0 Å². The molecular formula is C27H26N2O6. The quantitative estimate of drug-likeness (QED) is 0.220. The fourth-order valence-corrected chi connectivity index (χ4v) is 6.05. The summed E-state index contributed by atoms with van der Waals surface area (Å²) < 4.78 is 0. The van der Waals surface area contributed by atoms with Gasteiger partial charge in [-0.1, -0.05) is 0 Å². The monoisotopic (exact) mass is 474 g/mol. The minimum atomic E-state index is -1.06. The van der Waals surface area contributed by atoms with Crippen LogP contribution in [0.5, 0.6) is 17.2 Å². The van der Waals surface area contributed by atoms with Crippen LogP contribution >= 0.6 is 0 Å². The van der Waals surface area contributed by atoms with E-state index >= 15 is 0 Å². The maximum atomic E-state index is 13.8. The van der Waals surface area contributed by atoms with Crippen molar-refractivity contribution >= 4 is 38.1 Å². The van der Waals surface area contributed by atoms with E-state index < -0.39 is 22.0 Å². The molecule has 1 aliphatic heterocycles. The van der Waals surface area contributed by atoms with Gasteiger partial charge in [0.2, 0.25) is 0 Å². The van der Waals surface area contributed by atoms with E-state index in [1.54, 1.807) is 26.8 Å². The molecule has 1 aliphatic carbocycles. The van der Waals surface area contributed by atoms with Gasteiger partial charge in [0.15, 0.2) is 10.9 Å². The molecule has 4 aromatic carbocycles. The SMILES string of the molecule is Cc1cc(=O)c2c(O)c3c(O)c(CN4CCNCC4)c(=O)c4c3c3c(cc(O)c1c23)C(C)(C)C=4O. The molecule has 6 rings (SSSR count). The minimum absolute atomic E-state index is 0.0181. The Morgan fingerprint density at radius 2 is 1.57 bits per heavy atom. The number of phenols is 3. The summed E-state index contributed by atoms with van der Waals surface area (Å²) in [5.41, 5.74) is -0.880. The lowest BCUT2D eigenvalue weighted by molar-refractivity contribution is 0.230. The van der Waals surface area contributed by atoms with Crippen molar-refractivity contribution in [3.05, 3.63) is 54.5 Å². The Balaban J connectivity index is 1.92. The first kappa shape index (κ1) is 21.9. The molecule has 8 nitrogen and oxygen atoms in total. The molecule has 180 valence electrons. The number of phenolic OH excluding ortho intramolecular Hbond substituents is 3. The Morgan fingerprint density at radius 1 is 0.886 bits per heavy atom. The Morgan fingerprint density at radius 3 is 2.26 bits per heavy atom. The summed E-state index contributed by atoms with van der Waals surface area (Å²) in [6.07, 6.45) is 0. The molecule has 0 atom stereocenters. The van der Waals surface area contributed by atoms with Gasteiger partial charge in [0, 0.05) is 54.3 Å². The van der Waals surface area contributed by atoms with Crippen LogP contribution < -0.4 is 21.4 Å². The van der Waals surface area contributed by atoms with Gasteiger partial charge in [-0.15, -0.1) is 0 Å². The second-order valence-corrected chi connectivity index (χ2v) is 10.3. The van der Waals surface area contributed by atoms with Crippen LogP contribution in [-0.2, 0) is 12.0 Å². The lowest BCUT2D eigenvalue weighted by atomic mass is 9.72. The first-order valence-corrected chi connectivity index (χ1v) is 11.7. The third-order valence-electron chi connectivity index (χ3n) is 7.89. The van der Waals surface area contributed by atoms with E-state index in [0.717, 1.165) is 13.1 Å². The topological polar surface area (TPSA) is 130 Å². The summed E-state index contributed by atoms with van der Waals surface area (Å²) in [6, 6.07) is 2.89. The van der Waals surface area contributed by atoms with Crippen molar-refractivity contribution in [1.82, 2.24) is 10.2 Å². The number of aliphatic hydroxyl groups is 1. The molecule has 8 heteroatoms. The first-order valence-electron chi connectivity index (χ1n) is 11.7. The van der Waals surface area contributed by atoms with Gasteiger partial charge < -0.3 is 25.7 Å². The predicted molar refractivity (Wildman–Crippen MR) is 135 cm³/mol. The molecule has 0 saturated carbocycles. The highest BCUT2D eigenvalue weighted by molar-refractivity contribution is 6.29. The normalized spacial score (nSPS) is 17.9. The highest BCUT2D eigenvalue weighted by Gasteiger charge is 2.38. The molecule has 0 radical (unpaired) electrons. The number of nitrogens with zero attached hydrogens (tertiary/aromatic N) is 1. The Hall–Kier alpha value is -3.62. The molecule has 0 bridgehead atoms. The molecule has 35 heavy (non-hydrogen) atoms. The average molecular weight is 475 g/mol. The lowest BCUT2D eigenvalue weighted by Crippen LogP contribution is -2.45. The number of hydrogen-bond acceptors (Lipinski definition) is 8. The summed E-state index contributed by atoms with van der Waals surface area (Å²) in [5.74, 6) is -1.11. The standard InChI is InChI=1S/C27H26N2O6/c1-11-8-14(30)18-19-16(11)15(31)9-13-17(19)20-21(25(18)34)23(32)12(10-29-6-4-28-5-7-29)24(33)22(20)26(35)27(13,2)3/h8-9,28,31-32,34-35H,4-7,10H2,1-3H3. The summed E-state index contributed by atoms with van der Waals surface area (Å²) >= 11 is 0.